The maximum Gasteiger partial charge on any atom is 0.270 e. The standard InChI is InChI=1S/C13H13F2N3O/c14-9-3-7-4-12(17-11(7)5-10(9)15)13(19)18-2-1-8(16)6-18/h3-5,8,17H,1-2,6,16H2. The van der Waals surface area contributed by atoms with E-state index in [1.807, 2.05) is 0 Å². The van der Waals surface area contributed by atoms with E-state index in [2.05, 4.69) is 4.98 Å². The Morgan fingerprint density at radius 1 is 1.32 bits per heavy atom. The number of fused-ring (bicyclic) bond motifs is 1. The first kappa shape index (κ1) is 12.1. The first-order chi connectivity index (χ1) is 9.04. The number of aromatic amines is 1. The number of H-pyrrole nitrogens is 1. The Bertz CT molecular complexity index is 614. The lowest BCUT2D eigenvalue weighted by Crippen LogP contribution is -2.32. The second kappa shape index (κ2) is 4.31. The molecule has 6 heteroatoms. The fourth-order valence-electron chi connectivity index (χ4n) is 2.38. The first-order valence-corrected chi connectivity index (χ1v) is 6.07. The number of rotatable bonds is 1. The highest BCUT2D eigenvalue weighted by molar-refractivity contribution is 5.98. The highest BCUT2D eigenvalue weighted by atomic mass is 19.2. The summed E-state index contributed by atoms with van der Waals surface area (Å²) >= 11 is 0. The van der Waals surface area contributed by atoms with Crippen LogP contribution in [0.2, 0.25) is 0 Å². The van der Waals surface area contributed by atoms with Gasteiger partial charge in [0.1, 0.15) is 5.69 Å². The normalized spacial score (nSPS) is 19.3. The zero-order valence-electron chi connectivity index (χ0n) is 10.1. The molecule has 1 aliphatic rings. The van der Waals surface area contributed by atoms with Gasteiger partial charge in [-0.1, -0.05) is 0 Å². The molecular weight excluding hydrogens is 252 g/mol. The minimum absolute atomic E-state index is 0.00298. The number of likely N-dealkylation sites (tertiary alicyclic amines) is 1. The van der Waals surface area contributed by atoms with Gasteiger partial charge in [-0.25, -0.2) is 8.78 Å². The van der Waals surface area contributed by atoms with Crippen LogP contribution in [0.4, 0.5) is 8.78 Å². The molecule has 19 heavy (non-hydrogen) atoms. The Labute approximate surface area is 108 Å². The SMILES string of the molecule is NC1CCN(C(=O)c2cc3cc(F)c(F)cc3[nH]2)C1. The topological polar surface area (TPSA) is 62.1 Å². The third-order valence-corrected chi connectivity index (χ3v) is 3.40. The molecule has 0 saturated carbocycles. The monoisotopic (exact) mass is 265 g/mol. The smallest absolute Gasteiger partial charge is 0.270 e. The molecule has 3 rings (SSSR count). The van der Waals surface area contributed by atoms with Crippen molar-refractivity contribution in [2.75, 3.05) is 13.1 Å². The van der Waals surface area contributed by atoms with Crippen LogP contribution in [0.1, 0.15) is 16.9 Å². The van der Waals surface area contributed by atoms with E-state index in [0.29, 0.717) is 29.7 Å². The lowest BCUT2D eigenvalue weighted by atomic mass is 10.2. The van der Waals surface area contributed by atoms with Gasteiger partial charge in [0.05, 0.1) is 0 Å². The van der Waals surface area contributed by atoms with Crippen molar-refractivity contribution in [2.45, 2.75) is 12.5 Å². The molecule has 2 heterocycles. The third-order valence-electron chi connectivity index (χ3n) is 3.40. The van der Waals surface area contributed by atoms with Crippen molar-refractivity contribution in [1.82, 2.24) is 9.88 Å². The molecule has 2 aromatic rings. The van der Waals surface area contributed by atoms with E-state index in [4.69, 9.17) is 5.73 Å². The van der Waals surface area contributed by atoms with E-state index < -0.39 is 11.6 Å². The minimum atomic E-state index is -0.934. The van der Waals surface area contributed by atoms with Crippen LogP contribution < -0.4 is 5.73 Å². The molecule has 1 aliphatic heterocycles. The Balaban J connectivity index is 1.95. The fraction of sp³-hybridized carbons (Fsp3) is 0.308. The van der Waals surface area contributed by atoms with Crippen molar-refractivity contribution >= 4 is 16.8 Å². The molecule has 4 nitrogen and oxygen atoms in total. The molecule has 0 aliphatic carbocycles. The van der Waals surface area contributed by atoms with Crippen LogP contribution in [0.5, 0.6) is 0 Å². The van der Waals surface area contributed by atoms with Gasteiger partial charge < -0.3 is 15.6 Å². The predicted molar refractivity (Wildman–Crippen MR) is 66.7 cm³/mol. The number of carbonyl (C=O) groups excluding carboxylic acids is 1. The molecule has 1 fully saturated rings. The molecule has 0 bridgehead atoms. The van der Waals surface area contributed by atoms with Crippen molar-refractivity contribution in [3.8, 4) is 0 Å². The Morgan fingerprint density at radius 3 is 2.74 bits per heavy atom. The van der Waals surface area contributed by atoms with Crippen LogP contribution in [0.3, 0.4) is 0 Å². The van der Waals surface area contributed by atoms with Gasteiger partial charge in [-0.05, 0) is 18.6 Å². The van der Waals surface area contributed by atoms with Crippen molar-refractivity contribution < 1.29 is 13.6 Å². The van der Waals surface area contributed by atoms with Crippen molar-refractivity contribution in [3.05, 3.63) is 35.5 Å². The number of hydrogen-bond acceptors (Lipinski definition) is 2. The third kappa shape index (κ3) is 2.08. The highest BCUT2D eigenvalue weighted by Crippen LogP contribution is 2.21. The molecule has 0 radical (unpaired) electrons. The number of nitrogens with zero attached hydrogens (tertiary/aromatic N) is 1. The summed E-state index contributed by atoms with van der Waals surface area (Å²) in [4.78, 5) is 16.6. The Morgan fingerprint density at radius 2 is 2.05 bits per heavy atom. The van der Waals surface area contributed by atoms with E-state index in [9.17, 15) is 13.6 Å². The molecule has 1 amide bonds. The number of amides is 1. The number of hydrogen-bond donors (Lipinski definition) is 2. The van der Waals surface area contributed by atoms with Gasteiger partial charge >= 0.3 is 0 Å². The second-order valence-electron chi connectivity index (χ2n) is 4.84. The molecule has 1 aromatic carbocycles. The summed E-state index contributed by atoms with van der Waals surface area (Å²) in [5.74, 6) is -2.05. The van der Waals surface area contributed by atoms with Gasteiger partial charge in [0.15, 0.2) is 11.6 Å². The number of aromatic nitrogens is 1. The maximum atomic E-state index is 13.1. The van der Waals surface area contributed by atoms with Gasteiger partial charge in [0.25, 0.3) is 5.91 Å². The average molecular weight is 265 g/mol. The van der Waals surface area contributed by atoms with Crippen molar-refractivity contribution in [1.29, 1.82) is 0 Å². The van der Waals surface area contributed by atoms with E-state index in [1.165, 1.54) is 6.07 Å². The van der Waals surface area contributed by atoms with E-state index >= 15 is 0 Å². The minimum Gasteiger partial charge on any atom is -0.350 e. The zero-order valence-corrected chi connectivity index (χ0v) is 10.1. The number of halogens is 2. The maximum absolute atomic E-state index is 13.1. The highest BCUT2D eigenvalue weighted by Gasteiger charge is 2.25. The first-order valence-electron chi connectivity index (χ1n) is 6.07. The van der Waals surface area contributed by atoms with E-state index in [-0.39, 0.29) is 11.9 Å². The van der Waals surface area contributed by atoms with Crippen molar-refractivity contribution in [3.63, 3.8) is 0 Å². The number of nitrogens with one attached hydrogen (secondary N) is 1. The Kier molecular flexibility index (Phi) is 2.74. The van der Waals surface area contributed by atoms with Crippen LogP contribution in [-0.4, -0.2) is 34.9 Å². The summed E-state index contributed by atoms with van der Waals surface area (Å²) in [7, 11) is 0. The molecular formula is C13H13F2N3O. The summed E-state index contributed by atoms with van der Waals surface area (Å²) < 4.78 is 26.2. The van der Waals surface area contributed by atoms with Gasteiger partial charge in [0.2, 0.25) is 0 Å². The van der Waals surface area contributed by atoms with Crippen LogP contribution >= 0.6 is 0 Å². The van der Waals surface area contributed by atoms with Gasteiger partial charge in [-0.3, -0.25) is 4.79 Å². The summed E-state index contributed by atoms with van der Waals surface area (Å²) in [5, 5.41) is 0.478. The summed E-state index contributed by atoms with van der Waals surface area (Å²) in [5.41, 5.74) is 6.49. The largest absolute Gasteiger partial charge is 0.350 e. The van der Waals surface area contributed by atoms with Crippen LogP contribution in [0, 0.1) is 11.6 Å². The molecule has 0 spiro atoms. The number of benzene rings is 1. The summed E-state index contributed by atoms with van der Waals surface area (Å²) in [6.07, 6.45) is 0.773. The zero-order chi connectivity index (χ0) is 13.6. The van der Waals surface area contributed by atoms with Gasteiger partial charge in [0, 0.05) is 36.1 Å². The molecule has 1 saturated heterocycles. The predicted octanol–water partition coefficient (Wildman–Crippen LogP) is 1.62. The molecule has 3 N–H and O–H groups in total. The summed E-state index contributed by atoms with van der Waals surface area (Å²) in [6, 6.07) is 3.66. The quantitative estimate of drug-likeness (QED) is 0.823. The van der Waals surface area contributed by atoms with E-state index in [0.717, 1.165) is 18.6 Å². The van der Waals surface area contributed by atoms with Crippen molar-refractivity contribution in [2.24, 2.45) is 5.73 Å². The van der Waals surface area contributed by atoms with E-state index in [1.54, 1.807) is 4.90 Å². The van der Waals surface area contributed by atoms with Gasteiger partial charge in [-0.15, -0.1) is 0 Å². The Hall–Kier alpha value is -1.95. The number of carbonyl (C=O) groups is 1. The molecule has 1 unspecified atom stereocenters. The molecule has 1 atom stereocenters. The average Bonchev–Trinajstić information content (AvgIpc) is 2.95. The van der Waals surface area contributed by atoms with Crippen LogP contribution in [-0.2, 0) is 0 Å². The number of nitrogens with two attached hydrogens (primary N) is 1. The summed E-state index contributed by atoms with van der Waals surface area (Å²) in [6.45, 7) is 1.12. The van der Waals surface area contributed by atoms with Crippen LogP contribution in [0.15, 0.2) is 18.2 Å². The van der Waals surface area contributed by atoms with Gasteiger partial charge in [-0.2, -0.15) is 0 Å². The molecule has 1 aromatic heterocycles. The lowest BCUT2D eigenvalue weighted by molar-refractivity contribution is 0.0786. The second-order valence-corrected chi connectivity index (χ2v) is 4.84. The lowest BCUT2D eigenvalue weighted by Gasteiger charge is -2.14. The van der Waals surface area contributed by atoms with Crippen LogP contribution in [0.25, 0.3) is 10.9 Å². The fourth-order valence-corrected chi connectivity index (χ4v) is 2.38. The molecule has 100 valence electrons.